The highest BCUT2D eigenvalue weighted by Crippen LogP contribution is 2.28. The van der Waals surface area contributed by atoms with Crippen molar-refractivity contribution >= 4 is 12.0 Å². The zero-order valence-electron chi connectivity index (χ0n) is 14.5. The van der Waals surface area contributed by atoms with E-state index in [9.17, 15) is 4.79 Å². The van der Waals surface area contributed by atoms with Gasteiger partial charge in [-0.25, -0.2) is 0 Å². The summed E-state index contributed by atoms with van der Waals surface area (Å²) in [6, 6.07) is 5.57. The van der Waals surface area contributed by atoms with Crippen LogP contribution in [0.15, 0.2) is 36.7 Å². The fourth-order valence-corrected chi connectivity index (χ4v) is 2.26. The standard InChI is InChI=1S/C18H23N3O3/c1-5-24-16-8-6-14(10-17(16)23-4)7-9-18(22)20(2)12-15-11-19-21(3)13-15/h6-11,13H,5,12H2,1-4H3/b9-7+. The van der Waals surface area contributed by atoms with Crippen LogP contribution in [0.2, 0.25) is 0 Å². The summed E-state index contributed by atoms with van der Waals surface area (Å²) in [5, 5.41) is 4.10. The molecule has 1 aromatic carbocycles. The van der Waals surface area contributed by atoms with Crippen LogP contribution in [0.1, 0.15) is 18.1 Å². The number of hydrogen-bond donors (Lipinski definition) is 0. The van der Waals surface area contributed by atoms with Gasteiger partial charge in [0.25, 0.3) is 0 Å². The van der Waals surface area contributed by atoms with E-state index in [-0.39, 0.29) is 5.91 Å². The van der Waals surface area contributed by atoms with E-state index in [4.69, 9.17) is 9.47 Å². The maximum Gasteiger partial charge on any atom is 0.246 e. The molecule has 6 nitrogen and oxygen atoms in total. The Bertz CT molecular complexity index is 722. The molecule has 1 amide bonds. The first-order valence-corrected chi connectivity index (χ1v) is 7.75. The van der Waals surface area contributed by atoms with Crippen molar-refractivity contribution in [2.45, 2.75) is 13.5 Å². The molecular formula is C18H23N3O3. The number of aryl methyl sites for hydroxylation is 1. The number of carbonyl (C=O) groups excluding carboxylic acids is 1. The Morgan fingerprint density at radius 1 is 1.38 bits per heavy atom. The second-order valence-electron chi connectivity index (χ2n) is 5.39. The molecule has 2 rings (SSSR count). The number of methoxy groups -OCH3 is 1. The topological polar surface area (TPSA) is 56.6 Å². The fraction of sp³-hybridized carbons (Fsp3) is 0.333. The minimum Gasteiger partial charge on any atom is -0.493 e. The number of carbonyl (C=O) groups is 1. The molecule has 0 aliphatic rings. The van der Waals surface area contributed by atoms with E-state index in [1.807, 2.05) is 38.4 Å². The van der Waals surface area contributed by atoms with Crippen molar-refractivity contribution in [2.75, 3.05) is 20.8 Å². The second-order valence-corrected chi connectivity index (χ2v) is 5.39. The molecule has 128 valence electrons. The molecular weight excluding hydrogens is 306 g/mol. The summed E-state index contributed by atoms with van der Waals surface area (Å²) < 4.78 is 12.5. The quantitative estimate of drug-likeness (QED) is 0.733. The number of nitrogens with zero attached hydrogens (tertiary/aromatic N) is 3. The van der Waals surface area contributed by atoms with Crippen LogP contribution in [0.25, 0.3) is 6.08 Å². The van der Waals surface area contributed by atoms with E-state index >= 15 is 0 Å². The van der Waals surface area contributed by atoms with Gasteiger partial charge in [0.05, 0.1) is 19.9 Å². The van der Waals surface area contributed by atoms with Crippen molar-refractivity contribution in [1.29, 1.82) is 0 Å². The van der Waals surface area contributed by atoms with Gasteiger partial charge in [-0.2, -0.15) is 5.10 Å². The highest BCUT2D eigenvalue weighted by Gasteiger charge is 2.08. The normalized spacial score (nSPS) is 10.8. The summed E-state index contributed by atoms with van der Waals surface area (Å²) >= 11 is 0. The number of likely N-dealkylation sites (N-methyl/N-ethyl adjacent to an activating group) is 1. The number of amides is 1. The van der Waals surface area contributed by atoms with Crippen LogP contribution in [-0.4, -0.2) is 41.4 Å². The molecule has 0 saturated carbocycles. The highest BCUT2D eigenvalue weighted by atomic mass is 16.5. The van der Waals surface area contributed by atoms with E-state index in [2.05, 4.69) is 5.10 Å². The minimum atomic E-state index is -0.0771. The lowest BCUT2D eigenvalue weighted by atomic mass is 10.2. The van der Waals surface area contributed by atoms with Crippen molar-refractivity contribution in [3.8, 4) is 11.5 Å². The van der Waals surface area contributed by atoms with E-state index in [1.54, 1.807) is 42.1 Å². The third-order valence-corrected chi connectivity index (χ3v) is 3.46. The molecule has 0 radical (unpaired) electrons. The zero-order valence-corrected chi connectivity index (χ0v) is 14.5. The van der Waals surface area contributed by atoms with Gasteiger partial charge in [-0.3, -0.25) is 9.48 Å². The Morgan fingerprint density at radius 3 is 2.79 bits per heavy atom. The molecule has 1 heterocycles. The third kappa shape index (κ3) is 4.62. The maximum absolute atomic E-state index is 12.2. The molecule has 1 aromatic heterocycles. The monoisotopic (exact) mass is 329 g/mol. The molecule has 0 aliphatic heterocycles. The third-order valence-electron chi connectivity index (χ3n) is 3.46. The van der Waals surface area contributed by atoms with Gasteiger partial charge in [0, 0.05) is 38.5 Å². The van der Waals surface area contributed by atoms with Crippen molar-refractivity contribution in [3.63, 3.8) is 0 Å². The van der Waals surface area contributed by atoms with Gasteiger partial charge in [-0.15, -0.1) is 0 Å². The fourth-order valence-electron chi connectivity index (χ4n) is 2.26. The predicted octanol–water partition coefficient (Wildman–Crippen LogP) is 2.50. The Morgan fingerprint density at radius 2 is 2.17 bits per heavy atom. The first kappa shape index (κ1) is 17.6. The molecule has 0 bridgehead atoms. The summed E-state index contributed by atoms with van der Waals surface area (Å²) in [6.07, 6.45) is 6.96. The van der Waals surface area contributed by atoms with Crippen LogP contribution < -0.4 is 9.47 Å². The molecule has 0 atom stereocenters. The molecule has 0 N–H and O–H groups in total. The number of rotatable bonds is 7. The lowest BCUT2D eigenvalue weighted by Crippen LogP contribution is -2.23. The first-order valence-electron chi connectivity index (χ1n) is 7.75. The smallest absolute Gasteiger partial charge is 0.246 e. The SMILES string of the molecule is CCOc1ccc(/C=C/C(=O)N(C)Cc2cnn(C)c2)cc1OC. The van der Waals surface area contributed by atoms with E-state index in [1.165, 1.54) is 0 Å². The Labute approximate surface area is 142 Å². The first-order chi connectivity index (χ1) is 11.5. The maximum atomic E-state index is 12.2. The molecule has 2 aromatic rings. The average Bonchev–Trinajstić information content (AvgIpc) is 2.98. The molecule has 0 unspecified atom stereocenters. The van der Waals surface area contributed by atoms with Crippen LogP contribution in [0, 0.1) is 0 Å². The van der Waals surface area contributed by atoms with E-state index in [0.29, 0.717) is 24.7 Å². The molecule has 0 aliphatic carbocycles. The summed E-state index contributed by atoms with van der Waals surface area (Å²) in [4.78, 5) is 13.8. The highest BCUT2D eigenvalue weighted by molar-refractivity contribution is 5.91. The second kappa shape index (κ2) is 8.19. The number of hydrogen-bond acceptors (Lipinski definition) is 4. The van der Waals surface area contributed by atoms with E-state index < -0.39 is 0 Å². The van der Waals surface area contributed by atoms with Gasteiger partial charge < -0.3 is 14.4 Å². The van der Waals surface area contributed by atoms with Gasteiger partial charge in [0.1, 0.15) is 0 Å². The lowest BCUT2D eigenvalue weighted by Gasteiger charge is -2.13. The van der Waals surface area contributed by atoms with Gasteiger partial charge in [-0.1, -0.05) is 6.07 Å². The number of benzene rings is 1. The van der Waals surface area contributed by atoms with Gasteiger partial charge >= 0.3 is 0 Å². The summed E-state index contributed by atoms with van der Waals surface area (Å²) in [5.41, 5.74) is 1.86. The molecule has 24 heavy (non-hydrogen) atoms. The lowest BCUT2D eigenvalue weighted by molar-refractivity contribution is -0.125. The molecule has 0 fully saturated rings. The van der Waals surface area contributed by atoms with Crippen molar-refractivity contribution < 1.29 is 14.3 Å². The largest absolute Gasteiger partial charge is 0.493 e. The summed E-state index contributed by atoms with van der Waals surface area (Å²) in [6.45, 7) is 3.01. The predicted molar refractivity (Wildman–Crippen MR) is 92.9 cm³/mol. The van der Waals surface area contributed by atoms with Gasteiger partial charge in [0.15, 0.2) is 11.5 Å². The zero-order chi connectivity index (χ0) is 17.5. The van der Waals surface area contributed by atoms with Crippen LogP contribution in [-0.2, 0) is 18.4 Å². The molecule has 0 saturated heterocycles. The van der Waals surface area contributed by atoms with Crippen LogP contribution >= 0.6 is 0 Å². The summed E-state index contributed by atoms with van der Waals surface area (Å²) in [7, 11) is 5.21. The number of aromatic nitrogens is 2. The van der Waals surface area contributed by atoms with Crippen LogP contribution in [0.3, 0.4) is 0 Å². The Balaban J connectivity index is 2.02. The van der Waals surface area contributed by atoms with Crippen molar-refractivity contribution in [3.05, 3.63) is 47.8 Å². The van der Waals surface area contributed by atoms with E-state index in [0.717, 1.165) is 11.1 Å². The van der Waals surface area contributed by atoms with Gasteiger partial charge in [-0.05, 0) is 30.7 Å². The number of ether oxygens (including phenoxy) is 2. The van der Waals surface area contributed by atoms with Crippen LogP contribution in [0.5, 0.6) is 11.5 Å². The van der Waals surface area contributed by atoms with Gasteiger partial charge in [0.2, 0.25) is 5.91 Å². The van der Waals surface area contributed by atoms with Crippen LogP contribution in [0.4, 0.5) is 0 Å². The average molecular weight is 329 g/mol. The Hall–Kier alpha value is -2.76. The van der Waals surface area contributed by atoms with Crippen molar-refractivity contribution in [2.24, 2.45) is 7.05 Å². The molecule has 0 spiro atoms. The molecule has 6 heteroatoms. The summed E-state index contributed by atoms with van der Waals surface area (Å²) in [5.74, 6) is 1.26. The Kier molecular flexibility index (Phi) is 6.01. The minimum absolute atomic E-state index is 0.0771. The van der Waals surface area contributed by atoms with Crippen molar-refractivity contribution in [1.82, 2.24) is 14.7 Å².